The van der Waals surface area contributed by atoms with Crippen LogP contribution in [0.15, 0.2) is 18.2 Å². The molecule has 3 heteroatoms. The maximum absolute atomic E-state index is 12.1. The van der Waals surface area contributed by atoms with E-state index >= 15 is 0 Å². The Labute approximate surface area is 250 Å². The van der Waals surface area contributed by atoms with E-state index in [0.29, 0.717) is 12.5 Å². The molecule has 1 rings (SSSR count). The van der Waals surface area contributed by atoms with Crippen LogP contribution in [0.2, 0.25) is 0 Å². The van der Waals surface area contributed by atoms with Gasteiger partial charge in [-0.2, -0.15) is 0 Å². The first kappa shape index (κ1) is 36.5. The number of amides is 1. The van der Waals surface area contributed by atoms with Gasteiger partial charge in [0.1, 0.15) is 5.60 Å². The van der Waals surface area contributed by atoms with Crippen molar-refractivity contribution >= 4 is 6.09 Å². The van der Waals surface area contributed by atoms with Crippen molar-refractivity contribution in [2.75, 3.05) is 0 Å². The summed E-state index contributed by atoms with van der Waals surface area (Å²) >= 11 is 0. The number of benzene rings is 1. The first-order valence-corrected chi connectivity index (χ1v) is 17.3. The lowest BCUT2D eigenvalue weighted by molar-refractivity contribution is 0.0523. The van der Waals surface area contributed by atoms with E-state index < -0.39 is 5.60 Å². The Bertz CT molecular complexity index is 749. The van der Waals surface area contributed by atoms with Gasteiger partial charge < -0.3 is 10.1 Å². The highest BCUT2D eigenvalue weighted by Gasteiger charge is 2.16. The summed E-state index contributed by atoms with van der Waals surface area (Å²) in [5.74, 6) is 0.434. The Balaban J connectivity index is 2.04. The van der Waals surface area contributed by atoms with Crippen LogP contribution in [0.4, 0.5) is 4.79 Å². The molecule has 0 saturated heterocycles. The number of hydrogen-bond acceptors (Lipinski definition) is 2. The van der Waals surface area contributed by atoms with Crippen molar-refractivity contribution in [2.45, 2.75) is 194 Å². The van der Waals surface area contributed by atoms with Gasteiger partial charge in [-0.05, 0) is 56.2 Å². The molecule has 0 fully saturated rings. The second-order valence-electron chi connectivity index (χ2n) is 13.5. The summed E-state index contributed by atoms with van der Waals surface area (Å²) in [7, 11) is 0. The number of alkyl carbamates (subject to hydrolysis) is 1. The molecule has 0 unspecified atom stereocenters. The molecule has 1 N–H and O–H groups in total. The highest BCUT2D eigenvalue weighted by atomic mass is 16.6. The maximum atomic E-state index is 12.1. The monoisotopic (exact) mass is 558 g/mol. The van der Waals surface area contributed by atoms with Gasteiger partial charge in [0, 0.05) is 6.54 Å². The molecule has 1 aromatic rings. The smallest absolute Gasteiger partial charge is 0.407 e. The molecular weight excluding hydrogens is 490 g/mol. The molecule has 0 aliphatic rings. The zero-order valence-corrected chi connectivity index (χ0v) is 27.7. The Morgan fingerprint density at radius 1 is 0.700 bits per heavy atom. The van der Waals surface area contributed by atoms with Gasteiger partial charge in [0.25, 0.3) is 0 Å². The van der Waals surface area contributed by atoms with E-state index in [1.165, 1.54) is 145 Å². The van der Waals surface area contributed by atoms with Crippen LogP contribution in [-0.4, -0.2) is 11.7 Å². The number of rotatable bonds is 24. The minimum Gasteiger partial charge on any atom is -0.444 e. The SMILES string of the molecule is CCCCCCCCCCCCCCCCCCCCCCc1ccc(C(C)C)c(CNC(=O)OC(C)(C)C)c1. The average molecular weight is 558 g/mol. The topological polar surface area (TPSA) is 38.3 Å². The Morgan fingerprint density at radius 3 is 1.52 bits per heavy atom. The molecule has 0 atom stereocenters. The van der Waals surface area contributed by atoms with Gasteiger partial charge in [-0.1, -0.05) is 161 Å². The third-order valence-corrected chi connectivity index (χ3v) is 7.97. The molecule has 0 heterocycles. The normalized spacial score (nSPS) is 11.8. The predicted octanol–water partition coefficient (Wildman–Crippen LogP) is 12.2. The second kappa shape index (κ2) is 23.1. The molecule has 0 bridgehead atoms. The highest BCUT2D eigenvalue weighted by Crippen LogP contribution is 2.23. The second-order valence-corrected chi connectivity index (χ2v) is 13.5. The number of carbonyl (C=O) groups is 1. The van der Waals surface area contributed by atoms with Crippen molar-refractivity contribution < 1.29 is 9.53 Å². The molecule has 232 valence electrons. The van der Waals surface area contributed by atoms with Gasteiger partial charge in [0.2, 0.25) is 0 Å². The fourth-order valence-electron chi connectivity index (χ4n) is 5.60. The first-order valence-electron chi connectivity index (χ1n) is 17.3. The molecular formula is C37H67NO2. The number of nitrogens with one attached hydrogen (secondary N) is 1. The van der Waals surface area contributed by atoms with E-state index in [2.05, 4.69) is 44.3 Å². The highest BCUT2D eigenvalue weighted by molar-refractivity contribution is 5.67. The van der Waals surface area contributed by atoms with Crippen LogP contribution in [0.25, 0.3) is 0 Å². The maximum Gasteiger partial charge on any atom is 0.407 e. The summed E-state index contributed by atoms with van der Waals surface area (Å²) in [6, 6.07) is 6.83. The summed E-state index contributed by atoms with van der Waals surface area (Å²) in [4.78, 5) is 12.1. The average Bonchev–Trinajstić information content (AvgIpc) is 2.89. The van der Waals surface area contributed by atoms with E-state index in [1.54, 1.807) is 0 Å². The minimum atomic E-state index is -0.473. The number of hydrogen-bond donors (Lipinski definition) is 1. The van der Waals surface area contributed by atoms with Crippen LogP contribution >= 0.6 is 0 Å². The fraction of sp³-hybridized carbons (Fsp3) is 0.811. The molecule has 0 aromatic heterocycles. The van der Waals surface area contributed by atoms with Gasteiger partial charge >= 0.3 is 6.09 Å². The zero-order chi connectivity index (χ0) is 29.5. The third kappa shape index (κ3) is 20.4. The molecule has 40 heavy (non-hydrogen) atoms. The Hall–Kier alpha value is -1.51. The van der Waals surface area contributed by atoms with Crippen LogP contribution in [0, 0.1) is 0 Å². The standard InChI is InChI=1S/C37H67NO2/c1-7-8-9-10-11-12-13-14-15-16-17-18-19-20-21-22-23-24-25-26-27-33-28-29-35(32(2)3)34(30-33)31-38-36(39)40-37(4,5)6/h28-30,32H,7-27,31H2,1-6H3,(H,38,39). The van der Waals surface area contributed by atoms with Crippen LogP contribution in [0.3, 0.4) is 0 Å². The van der Waals surface area contributed by atoms with Crippen molar-refractivity contribution in [1.29, 1.82) is 0 Å². The molecule has 3 nitrogen and oxygen atoms in total. The largest absolute Gasteiger partial charge is 0.444 e. The lowest BCUT2D eigenvalue weighted by Crippen LogP contribution is -2.32. The Kier molecular flexibility index (Phi) is 21.1. The van der Waals surface area contributed by atoms with Crippen LogP contribution < -0.4 is 5.32 Å². The molecule has 1 aromatic carbocycles. The van der Waals surface area contributed by atoms with E-state index in [0.717, 1.165) is 6.42 Å². The molecule has 0 aliphatic heterocycles. The van der Waals surface area contributed by atoms with Crippen LogP contribution in [0.5, 0.6) is 0 Å². The number of carbonyl (C=O) groups excluding carboxylic acids is 1. The molecule has 1 amide bonds. The van der Waals surface area contributed by atoms with Crippen molar-refractivity contribution in [3.63, 3.8) is 0 Å². The van der Waals surface area contributed by atoms with Crippen LogP contribution in [-0.2, 0) is 17.7 Å². The fourth-order valence-corrected chi connectivity index (χ4v) is 5.60. The van der Waals surface area contributed by atoms with Gasteiger partial charge in [-0.3, -0.25) is 0 Å². The van der Waals surface area contributed by atoms with Gasteiger partial charge in [0.05, 0.1) is 0 Å². The number of unbranched alkanes of at least 4 members (excludes halogenated alkanes) is 19. The lowest BCUT2D eigenvalue weighted by atomic mass is 9.93. The minimum absolute atomic E-state index is 0.346. The predicted molar refractivity (Wildman–Crippen MR) is 175 cm³/mol. The van der Waals surface area contributed by atoms with E-state index in [4.69, 9.17) is 4.74 Å². The van der Waals surface area contributed by atoms with Crippen molar-refractivity contribution in [1.82, 2.24) is 5.32 Å². The summed E-state index contributed by atoms with van der Waals surface area (Å²) in [5, 5.41) is 2.95. The van der Waals surface area contributed by atoms with Gasteiger partial charge in [-0.25, -0.2) is 4.79 Å². The summed E-state index contributed by atoms with van der Waals surface area (Å²) < 4.78 is 5.41. The molecule has 0 saturated carbocycles. The van der Waals surface area contributed by atoms with Crippen LogP contribution in [0.1, 0.15) is 193 Å². The van der Waals surface area contributed by atoms with E-state index in [-0.39, 0.29) is 6.09 Å². The van der Waals surface area contributed by atoms with Crippen molar-refractivity contribution in [3.8, 4) is 0 Å². The van der Waals surface area contributed by atoms with E-state index in [1.807, 2.05) is 20.8 Å². The number of ether oxygens (including phenoxy) is 1. The first-order chi connectivity index (χ1) is 19.2. The summed E-state index contributed by atoms with van der Waals surface area (Å²) in [6.07, 6.45) is 29.1. The summed E-state index contributed by atoms with van der Waals surface area (Å²) in [6.45, 7) is 12.9. The quantitative estimate of drug-likeness (QED) is 0.128. The summed E-state index contributed by atoms with van der Waals surface area (Å²) in [5.41, 5.74) is 3.43. The zero-order valence-electron chi connectivity index (χ0n) is 27.7. The van der Waals surface area contributed by atoms with Gasteiger partial charge in [-0.15, -0.1) is 0 Å². The Morgan fingerprint density at radius 2 is 1.12 bits per heavy atom. The van der Waals surface area contributed by atoms with Crippen molar-refractivity contribution in [2.24, 2.45) is 0 Å². The number of aryl methyl sites for hydroxylation is 1. The lowest BCUT2D eigenvalue weighted by Gasteiger charge is -2.21. The van der Waals surface area contributed by atoms with Gasteiger partial charge in [0.15, 0.2) is 0 Å². The third-order valence-electron chi connectivity index (χ3n) is 7.97. The molecule has 0 radical (unpaired) electrons. The van der Waals surface area contributed by atoms with Crippen molar-refractivity contribution in [3.05, 3.63) is 34.9 Å². The van der Waals surface area contributed by atoms with E-state index in [9.17, 15) is 4.79 Å². The molecule has 0 spiro atoms. The molecule has 0 aliphatic carbocycles.